The van der Waals surface area contributed by atoms with Crippen LogP contribution >= 0.6 is 11.3 Å². The molecule has 2 bridgehead atoms. The van der Waals surface area contributed by atoms with Crippen LogP contribution < -0.4 is 5.32 Å². The number of amides is 1. The molecule has 1 fully saturated rings. The number of carboxylic acid groups (broad SMARTS) is 1. The van der Waals surface area contributed by atoms with Gasteiger partial charge in [-0.3, -0.25) is 9.59 Å². The van der Waals surface area contributed by atoms with E-state index in [2.05, 4.69) is 5.32 Å². The Labute approximate surface area is 174 Å². The third-order valence-corrected chi connectivity index (χ3v) is 7.60. The van der Waals surface area contributed by atoms with E-state index < -0.39 is 17.8 Å². The van der Waals surface area contributed by atoms with Crippen molar-refractivity contribution in [3.63, 3.8) is 0 Å². The molecule has 6 nitrogen and oxygen atoms in total. The molecule has 3 aliphatic rings. The van der Waals surface area contributed by atoms with E-state index in [0.29, 0.717) is 23.6 Å². The molecule has 29 heavy (non-hydrogen) atoms. The molecule has 1 saturated carbocycles. The molecule has 1 aromatic heterocycles. The molecule has 0 radical (unpaired) electrons. The second-order valence-corrected chi connectivity index (χ2v) is 9.34. The number of carboxylic acids is 1. The van der Waals surface area contributed by atoms with Crippen molar-refractivity contribution in [2.45, 2.75) is 51.9 Å². The maximum absolute atomic E-state index is 13.1. The molecule has 1 aromatic rings. The van der Waals surface area contributed by atoms with Crippen LogP contribution in [0.15, 0.2) is 12.2 Å². The Morgan fingerprint density at radius 3 is 2.62 bits per heavy atom. The van der Waals surface area contributed by atoms with Gasteiger partial charge < -0.3 is 15.2 Å². The lowest BCUT2D eigenvalue weighted by Gasteiger charge is -2.23. The fourth-order valence-corrected chi connectivity index (χ4v) is 6.24. The van der Waals surface area contributed by atoms with Crippen LogP contribution in [-0.4, -0.2) is 29.6 Å². The van der Waals surface area contributed by atoms with Gasteiger partial charge in [-0.25, -0.2) is 4.79 Å². The molecule has 156 valence electrons. The van der Waals surface area contributed by atoms with Crippen molar-refractivity contribution in [1.29, 1.82) is 0 Å². The van der Waals surface area contributed by atoms with Crippen LogP contribution in [0, 0.1) is 23.7 Å². The Balaban J connectivity index is 1.59. The van der Waals surface area contributed by atoms with Crippen molar-refractivity contribution >= 4 is 34.2 Å². The zero-order valence-electron chi connectivity index (χ0n) is 16.6. The maximum atomic E-state index is 13.1. The van der Waals surface area contributed by atoms with Gasteiger partial charge in [-0.15, -0.1) is 11.3 Å². The third-order valence-electron chi connectivity index (χ3n) is 6.39. The van der Waals surface area contributed by atoms with Crippen molar-refractivity contribution in [3.05, 3.63) is 28.2 Å². The molecule has 7 heteroatoms. The number of nitrogens with one attached hydrogen (secondary N) is 1. The average Bonchev–Trinajstić information content (AvgIpc) is 3.40. The smallest absolute Gasteiger partial charge is 0.341 e. The first kappa shape index (κ1) is 20.1. The van der Waals surface area contributed by atoms with Crippen molar-refractivity contribution in [1.82, 2.24) is 0 Å². The summed E-state index contributed by atoms with van der Waals surface area (Å²) in [5, 5.41) is 13.1. The Morgan fingerprint density at radius 2 is 1.90 bits per heavy atom. The monoisotopic (exact) mass is 417 g/mol. The van der Waals surface area contributed by atoms with Crippen LogP contribution in [0.4, 0.5) is 5.00 Å². The minimum Gasteiger partial charge on any atom is -0.481 e. The molecule has 4 unspecified atom stereocenters. The van der Waals surface area contributed by atoms with E-state index in [9.17, 15) is 19.5 Å². The Bertz CT molecular complexity index is 858. The Morgan fingerprint density at radius 1 is 1.17 bits per heavy atom. The van der Waals surface area contributed by atoms with Gasteiger partial charge in [-0.1, -0.05) is 25.5 Å². The molecule has 0 saturated heterocycles. The van der Waals surface area contributed by atoms with Crippen molar-refractivity contribution < 1.29 is 24.2 Å². The highest BCUT2D eigenvalue weighted by molar-refractivity contribution is 7.17. The Hall–Kier alpha value is -2.15. The van der Waals surface area contributed by atoms with E-state index in [-0.39, 0.29) is 23.7 Å². The van der Waals surface area contributed by atoms with Gasteiger partial charge in [0.15, 0.2) is 0 Å². The lowest BCUT2D eigenvalue weighted by atomic mass is 9.82. The van der Waals surface area contributed by atoms with Crippen LogP contribution in [0.3, 0.4) is 0 Å². The van der Waals surface area contributed by atoms with E-state index in [4.69, 9.17) is 4.74 Å². The minimum atomic E-state index is -0.924. The quantitative estimate of drug-likeness (QED) is 0.397. The van der Waals surface area contributed by atoms with E-state index in [0.717, 1.165) is 49.0 Å². The number of aliphatic carboxylic acids is 1. The number of hydrogen-bond acceptors (Lipinski definition) is 5. The summed E-state index contributed by atoms with van der Waals surface area (Å²) in [4.78, 5) is 38.8. The zero-order chi connectivity index (χ0) is 20.5. The fraction of sp³-hybridized carbons (Fsp3) is 0.591. The topological polar surface area (TPSA) is 92.7 Å². The minimum absolute atomic E-state index is 0.0457. The molecule has 2 N–H and O–H groups in total. The standard InChI is InChI=1S/C22H27NO5S/c1-2-3-10-28-22(27)18-14-6-4-5-7-15(14)29-20(18)23-19(24)16-12-8-9-13(11-12)17(16)21(25)26/h8-9,12-13,16-17H,2-7,10-11H2,1H3,(H,23,24)(H,25,26). The number of carbonyl (C=O) groups is 3. The number of fused-ring (bicyclic) bond motifs is 3. The average molecular weight is 418 g/mol. The highest BCUT2D eigenvalue weighted by Crippen LogP contribution is 2.49. The number of carbonyl (C=O) groups excluding carboxylic acids is 2. The summed E-state index contributed by atoms with van der Waals surface area (Å²) in [6.07, 6.45) is 10.1. The first-order valence-corrected chi connectivity index (χ1v) is 11.4. The first-order valence-electron chi connectivity index (χ1n) is 10.5. The van der Waals surface area contributed by atoms with Gasteiger partial charge in [-0.2, -0.15) is 0 Å². The highest BCUT2D eigenvalue weighted by atomic mass is 32.1. The van der Waals surface area contributed by atoms with Crippen LogP contribution in [0.25, 0.3) is 0 Å². The van der Waals surface area contributed by atoms with Gasteiger partial charge in [0, 0.05) is 4.88 Å². The number of hydrogen-bond donors (Lipinski definition) is 2. The lowest BCUT2D eigenvalue weighted by Crippen LogP contribution is -2.36. The Kier molecular flexibility index (Phi) is 5.76. The van der Waals surface area contributed by atoms with Gasteiger partial charge in [0.2, 0.25) is 5.91 Å². The molecule has 0 aliphatic heterocycles. The van der Waals surface area contributed by atoms with Crippen molar-refractivity contribution in [2.24, 2.45) is 23.7 Å². The predicted molar refractivity (Wildman–Crippen MR) is 110 cm³/mol. The van der Waals surface area contributed by atoms with Gasteiger partial charge in [-0.05, 0) is 55.9 Å². The van der Waals surface area contributed by atoms with Crippen LogP contribution in [0.1, 0.15) is 59.8 Å². The lowest BCUT2D eigenvalue weighted by molar-refractivity contribution is -0.146. The molecular weight excluding hydrogens is 390 g/mol. The number of unbranched alkanes of at least 4 members (excludes halogenated alkanes) is 1. The molecule has 4 atom stereocenters. The number of anilines is 1. The van der Waals surface area contributed by atoms with Gasteiger partial charge in [0.25, 0.3) is 0 Å². The number of esters is 1. The fourth-order valence-electron chi connectivity index (χ4n) is 4.96. The molecular formula is C22H27NO5S. The molecule has 4 rings (SSSR count). The normalized spacial score (nSPS) is 26.9. The number of allylic oxidation sites excluding steroid dienone is 2. The summed E-state index contributed by atoms with van der Waals surface area (Å²) < 4.78 is 5.46. The van der Waals surface area contributed by atoms with E-state index in [1.54, 1.807) is 0 Å². The SMILES string of the molecule is CCCCOC(=O)c1c(NC(=O)C2C3C=CC(C3)C2C(=O)O)sc2c1CCCC2. The van der Waals surface area contributed by atoms with E-state index >= 15 is 0 Å². The second-order valence-electron chi connectivity index (χ2n) is 8.23. The van der Waals surface area contributed by atoms with Crippen LogP contribution in [-0.2, 0) is 27.2 Å². The van der Waals surface area contributed by atoms with E-state index in [1.165, 1.54) is 11.3 Å². The maximum Gasteiger partial charge on any atom is 0.341 e. The van der Waals surface area contributed by atoms with Crippen LogP contribution in [0.2, 0.25) is 0 Å². The molecule has 0 aromatic carbocycles. The third kappa shape index (κ3) is 3.72. The number of thiophene rings is 1. The summed E-state index contributed by atoms with van der Waals surface area (Å²) in [7, 11) is 0. The first-order chi connectivity index (χ1) is 14.0. The van der Waals surface area contributed by atoms with Gasteiger partial charge in [0.05, 0.1) is 24.0 Å². The van der Waals surface area contributed by atoms with E-state index in [1.807, 2.05) is 19.1 Å². The number of rotatable bonds is 7. The second kappa shape index (κ2) is 8.30. The summed E-state index contributed by atoms with van der Waals surface area (Å²) in [5.41, 5.74) is 1.49. The summed E-state index contributed by atoms with van der Waals surface area (Å²) in [5.74, 6) is -3.01. The summed E-state index contributed by atoms with van der Waals surface area (Å²) >= 11 is 1.45. The van der Waals surface area contributed by atoms with Gasteiger partial charge in [0.1, 0.15) is 5.00 Å². The largest absolute Gasteiger partial charge is 0.481 e. The summed E-state index contributed by atoms with van der Waals surface area (Å²) in [6.45, 7) is 2.40. The van der Waals surface area contributed by atoms with Crippen LogP contribution in [0.5, 0.6) is 0 Å². The number of aryl methyl sites for hydroxylation is 1. The van der Waals surface area contributed by atoms with Crippen molar-refractivity contribution in [3.8, 4) is 0 Å². The molecule has 3 aliphatic carbocycles. The molecule has 1 amide bonds. The summed E-state index contributed by atoms with van der Waals surface area (Å²) in [6, 6.07) is 0. The zero-order valence-corrected chi connectivity index (χ0v) is 17.4. The van der Waals surface area contributed by atoms with Gasteiger partial charge >= 0.3 is 11.9 Å². The highest BCUT2D eigenvalue weighted by Gasteiger charge is 2.51. The van der Waals surface area contributed by atoms with Crippen molar-refractivity contribution in [2.75, 3.05) is 11.9 Å². The molecule has 0 spiro atoms. The molecule has 1 heterocycles. The predicted octanol–water partition coefficient (Wildman–Crippen LogP) is 4.05. The number of ether oxygens (including phenoxy) is 1.